The van der Waals surface area contributed by atoms with Crippen molar-refractivity contribution in [3.63, 3.8) is 0 Å². The predicted octanol–water partition coefficient (Wildman–Crippen LogP) is 0.357. The average Bonchev–Trinajstić information content (AvgIpc) is 2.74. The lowest BCUT2D eigenvalue weighted by Crippen LogP contribution is -2.25. The average molecular weight is 228 g/mol. The second kappa shape index (κ2) is 7.22. The quantitative estimate of drug-likeness (QED) is 0.550. The summed E-state index contributed by atoms with van der Waals surface area (Å²) in [6, 6.07) is 0. The molecule has 16 heavy (non-hydrogen) atoms. The molecule has 1 fully saturated rings. The molecule has 1 atom stereocenters. The van der Waals surface area contributed by atoms with Crippen LogP contribution in [0.4, 0.5) is 0 Å². The summed E-state index contributed by atoms with van der Waals surface area (Å²) < 4.78 is 0. The van der Waals surface area contributed by atoms with Crippen molar-refractivity contribution in [2.45, 2.75) is 32.1 Å². The van der Waals surface area contributed by atoms with Crippen LogP contribution in [0.15, 0.2) is 0 Å². The van der Waals surface area contributed by atoms with Crippen molar-refractivity contribution in [2.75, 3.05) is 19.6 Å². The first-order valence-electron chi connectivity index (χ1n) is 5.87. The Morgan fingerprint density at radius 3 is 2.81 bits per heavy atom. The number of carboxylic acids is 1. The lowest BCUT2D eigenvalue weighted by atomic mass is 10.0. The molecular weight excluding hydrogens is 208 g/mol. The second-order valence-electron chi connectivity index (χ2n) is 4.24. The van der Waals surface area contributed by atoms with Crippen molar-refractivity contribution in [1.29, 1.82) is 0 Å². The van der Waals surface area contributed by atoms with Crippen molar-refractivity contribution < 1.29 is 14.7 Å². The molecule has 0 aromatic carbocycles. The maximum Gasteiger partial charge on any atom is 0.303 e. The van der Waals surface area contributed by atoms with E-state index < -0.39 is 5.97 Å². The molecule has 0 radical (unpaired) electrons. The number of carbonyl (C=O) groups is 2. The van der Waals surface area contributed by atoms with Gasteiger partial charge in [-0.05, 0) is 38.3 Å². The van der Waals surface area contributed by atoms with Crippen LogP contribution in [0.1, 0.15) is 32.1 Å². The molecule has 0 bridgehead atoms. The van der Waals surface area contributed by atoms with E-state index in [1.165, 1.54) is 0 Å². The zero-order valence-electron chi connectivity index (χ0n) is 9.50. The van der Waals surface area contributed by atoms with Gasteiger partial charge in [0.25, 0.3) is 0 Å². The van der Waals surface area contributed by atoms with Gasteiger partial charge in [0.05, 0.1) is 0 Å². The van der Waals surface area contributed by atoms with Crippen LogP contribution in [0.3, 0.4) is 0 Å². The summed E-state index contributed by atoms with van der Waals surface area (Å²) in [6.07, 6.45) is 3.27. The monoisotopic (exact) mass is 228 g/mol. The third kappa shape index (κ3) is 5.70. The molecule has 5 nitrogen and oxygen atoms in total. The number of nitrogens with one attached hydrogen (secondary N) is 2. The van der Waals surface area contributed by atoms with Crippen LogP contribution in [0, 0.1) is 5.92 Å². The van der Waals surface area contributed by atoms with E-state index in [4.69, 9.17) is 5.11 Å². The fourth-order valence-corrected chi connectivity index (χ4v) is 1.85. The van der Waals surface area contributed by atoms with E-state index in [-0.39, 0.29) is 12.3 Å². The summed E-state index contributed by atoms with van der Waals surface area (Å²) in [6.45, 7) is 2.55. The minimum Gasteiger partial charge on any atom is -0.481 e. The van der Waals surface area contributed by atoms with Gasteiger partial charge in [-0.25, -0.2) is 0 Å². The minimum absolute atomic E-state index is 0.0392. The maximum atomic E-state index is 11.4. The Bertz CT molecular complexity index is 237. The van der Waals surface area contributed by atoms with E-state index in [1.54, 1.807) is 0 Å². The van der Waals surface area contributed by atoms with Gasteiger partial charge in [0, 0.05) is 19.4 Å². The van der Waals surface area contributed by atoms with E-state index in [2.05, 4.69) is 10.6 Å². The Balaban J connectivity index is 1.95. The molecule has 0 spiro atoms. The van der Waals surface area contributed by atoms with Crippen LogP contribution in [0.25, 0.3) is 0 Å². The van der Waals surface area contributed by atoms with Gasteiger partial charge in [0.15, 0.2) is 0 Å². The molecule has 0 aromatic heterocycles. The van der Waals surface area contributed by atoms with Crippen molar-refractivity contribution in [2.24, 2.45) is 5.92 Å². The summed E-state index contributed by atoms with van der Waals surface area (Å²) in [5, 5.41) is 14.4. The molecule has 1 amide bonds. The molecule has 0 aliphatic carbocycles. The highest BCUT2D eigenvalue weighted by atomic mass is 16.4. The van der Waals surface area contributed by atoms with Crippen LogP contribution in [-0.4, -0.2) is 36.6 Å². The Kier molecular flexibility index (Phi) is 5.85. The molecule has 5 heteroatoms. The number of hydrogen-bond donors (Lipinski definition) is 3. The molecule has 1 saturated heterocycles. The lowest BCUT2D eigenvalue weighted by Gasteiger charge is -2.08. The first-order chi connectivity index (χ1) is 7.68. The van der Waals surface area contributed by atoms with Gasteiger partial charge in [-0.1, -0.05) is 0 Å². The van der Waals surface area contributed by atoms with Crippen molar-refractivity contribution in [3.05, 3.63) is 0 Å². The van der Waals surface area contributed by atoms with Crippen molar-refractivity contribution in [1.82, 2.24) is 10.6 Å². The van der Waals surface area contributed by atoms with Crippen LogP contribution < -0.4 is 10.6 Å². The van der Waals surface area contributed by atoms with E-state index >= 15 is 0 Å². The summed E-state index contributed by atoms with van der Waals surface area (Å²) in [5.74, 6) is -0.145. The number of amides is 1. The third-order valence-corrected chi connectivity index (χ3v) is 2.83. The van der Waals surface area contributed by atoms with Crippen LogP contribution in [0.2, 0.25) is 0 Å². The zero-order chi connectivity index (χ0) is 11.8. The van der Waals surface area contributed by atoms with E-state index in [0.29, 0.717) is 25.3 Å². The molecule has 92 valence electrons. The van der Waals surface area contributed by atoms with E-state index in [9.17, 15) is 9.59 Å². The van der Waals surface area contributed by atoms with Gasteiger partial charge in [-0.15, -0.1) is 0 Å². The maximum absolute atomic E-state index is 11.4. The Hall–Kier alpha value is -1.10. The topological polar surface area (TPSA) is 78.4 Å². The number of carboxylic acid groups (broad SMARTS) is 1. The largest absolute Gasteiger partial charge is 0.481 e. The first-order valence-corrected chi connectivity index (χ1v) is 5.87. The number of hydrogen-bond acceptors (Lipinski definition) is 3. The Morgan fingerprint density at radius 2 is 2.19 bits per heavy atom. The number of rotatable bonds is 7. The molecule has 1 aliphatic rings. The fraction of sp³-hybridized carbons (Fsp3) is 0.818. The van der Waals surface area contributed by atoms with Gasteiger partial charge >= 0.3 is 5.97 Å². The SMILES string of the molecule is O=C(O)CCCNC(=O)CCC1CCNC1. The first kappa shape index (κ1) is 13.0. The fourth-order valence-electron chi connectivity index (χ4n) is 1.85. The highest BCUT2D eigenvalue weighted by Crippen LogP contribution is 2.13. The molecule has 1 heterocycles. The highest BCUT2D eigenvalue weighted by molar-refractivity contribution is 5.75. The van der Waals surface area contributed by atoms with Crippen LogP contribution in [-0.2, 0) is 9.59 Å². The summed E-state index contributed by atoms with van der Waals surface area (Å²) in [5.41, 5.74) is 0. The summed E-state index contributed by atoms with van der Waals surface area (Å²) >= 11 is 0. The van der Waals surface area contributed by atoms with E-state index in [0.717, 1.165) is 25.9 Å². The molecule has 3 N–H and O–H groups in total. The molecule has 1 rings (SSSR count). The molecule has 1 unspecified atom stereocenters. The number of aliphatic carboxylic acids is 1. The van der Waals surface area contributed by atoms with Gasteiger partial charge in [-0.2, -0.15) is 0 Å². The van der Waals surface area contributed by atoms with Gasteiger partial charge in [0.1, 0.15) is 0 Å². The van der Waals surface area contributed by atoms with Gasteiger partial charge in [-0.3, -0.25) is 9.59 Å². The Morgan fingerprint density at radius 1 is 1.38 bits per heavy atom. The molecule has 0 aromatic rings. The Labute approximate surface area is 95.6 Å². The minimum atomic E-state index is -0.814. The highest BCUT2D eigenvalue weighted by Gasteiger charge is 2.15. The smallest absolute Gasteiger partial charge is 0.303 e. The predicted molar refractivity (Wildman–Crippen MR) is 60.1 cm³/mol. The third-order valence-electron chi connectivity index (χ3n) is 2.83. The lowest BCUT2D eigenvalue weighted by molar-refractivity contribution is -0.137. The van der Waals surface area contributed by atoms with Crippen LogP contribution >= 0.6 is 0 Å². The van der Waals surface area contributed by atoms with Gasteiger partial charge in [0.2, 0.25) is 5.91 Å². The normalized spacial score (nSPS) is 19.6. The molecule has 1 aliphatic heterocycles. The molecular formula is C11H20N2O3. The number of carbonyl (C=O) groups excluding carboxylic acids is 1. The van der Waals surface area contributed by atoms with Crippen LogP contribution in [0.5, 0.6) is 0 Å². The van der Waals surface area contributed by atoms with Crippen molar-refractivity contribution >= 4 is 11.9 Å². The second-order valence-corrected chi connectivity index (χ2v) is 4.24. The summed E-state index contributed by atoms with van der Waals surface area (Å²) in [4.78, 5) is 21.6. The van der Waals surface area contributed by atoms with Crippen molar-refractivity contribution in [3.8, 4) is 0 Å². The van der Waals surface area contributed by atoms with Gasteiger partial charge < -0.3 is 15.7 Å². The molecule has 0 saturated carbocycles. The zero-order valence-corrected chi connectivity index (χ0v) is 9.50. The van der Waals surface area contributed by atoms with E-state index in [1.807, 2.05) is 0 Å². The standard InChI is InChI=1S/C11H20N2O3/c14-10(13-6-1-2-11(15)16)4-3-9-5-7-12-8-9/h9,12H,1-8H2,(H,13,14)(H,15,16). The summed E-state index contributed by atoms with van der Waals surface area (Å²) in [7, 11) is 0.